The molecule has 0 atom stereocenters. The predicted octanol–water partition coefficient (Wildman–Crippen LogP) is 3.37. The molecule has 0 bridgehead atoms. The van der Waals surface area contributed by atoms with E-state index in [-0.39, 0.29) is 4.90 Å². The summed E-state index contributed by atoms with van der Waals surface area (Å²) >= 11 is 5.95. The zero-order chi connectivity index (χ0) is 17.2. The van der Waals surface area contributed by atoms with Crippen molar-refractivity contribution in [3.8, 4) is 0 Å². The molecule has 0 radical (unpaired) electrons. The number of hydrogen-bond donors (Lipinski definition) is 1. The quantitative estimate of drug-likeness (QED) is 0.683. The van der Waals surface area contributed by atoms with Gasteiger partial charge >= 0.3 is 0 Å². The van der Waals surface area contributed by atoms with Crippen LogP contribution < -0.4 is 4.72 Å². The van der Waals surface area contributed by atoms with Crippen LogP contribution in [0.5, 0.6) is 0 Å². The highest BCUT2D eigenvalue weighted by Crippen LogP contribution is 2.18. The van der Waals surface area contributed by atoms with Crippen LogP contribution in [0.4, 0.5) is 0 Å². The Morgan fingerprint density at radius 2 is 1.92 bits per heavy atom. The topological polar surface area (TPSA) is 64.0 Å². The summed E-state index contributed by atoms with van der Waals surface area (Å²) in [7, 11) is -3.51. The Morgan fingerprint density at radius 3 is 2.62 bits per heavy atom. The van der Waals surface area contributed by atoms with Gasteiger partial charge in [0.15, 0.2) is 0 Å². The molecule has 7 heteroatoms. The van der Waals surface area contributed by atoms with E-state index in [1.807, 2.05) is 37.3 Å². The van der Waals surface area contributed by atoms with Gasteiger partial charge in [0.25, 0.3) is 0 Å². The molecule has 24 heavy (non-hydrogen) atoms. The number of sulfonamides is 1. The normalized spacial score (nSPS) is 11.9. The van der Waals surface area contributed by atoms with Gasteiger partial charge in [-0.1, -0.05) is 41.9 Å². The van der Waals surface area contributed by atoms with Crippen molar-refractivity contribution in [2.45, 2.75) is 24.8 Å². The lowest BCUT2D eigenvalue weighted by molar-refractivity contribution is 0.551. The van der Waals surface area contributed by atoms with Crippen LogP contribution in [0.1, 0.15) is 12.1 Å². The van der Waals surface area contributed by atoms with E-state index in [1.54, 1.807) is 23.0 Å². The maximum absolute atomic E-state index is 12.4. The molecule has 3 rings (SSSR count). The molecule has 0 saturated heterocycles. The van der Waals surface area contributed by atoms with Crippen LogP contribution in [0.2, 0.25) is 5.02 Å². The highest BCUT2D eigenvalue weighted by molar-refractivity contribution is 7.89. The fraction of sp³-hybridized carbons (Fsp3) is 0.235. The fourth-order valence-corrected chi connectivity index (χ4v) is 3.73. The maximum atomic E-state index is 12.4. The maximum Gasteiger partial charge on any atom is 0.240 e. The minimum atomic E-state index is -3.51. The third-order valence-electron chi connectivity index (χ3n) is 3.77. The smallest absolute Gasteiger partial charge is 0.240 e. The third-order valence-corrected chi connectivity index (χ3v) is 5.60. The van der Waals surface area contributed by atoms with Crippen LogP contribution in [0.25, 0.3) is 10.8 Å². The number of hydrogen-bond acceptors (Lipinski definition) is 3. The van der Waals surface area contributed by atoms with E-state index in [4.69, 9.17) is 11.6 Å². The Labute approximate surface area is 146 Å². The summed E-state index contributed by atoms with van der Waals surface area (Å²) in [6, 6.07) is 12.8. The van der Waals surface area contributed by atoms with Gasteiger partial charge in [-0.3, -0.25) is 4.68 Å². The molecule has 0 fully saturated rings. The van der Waals surface area contributed by atoms with Gasteiger partial charge in [0, 0.05) is 19.3 Å². The first-order valence-electron chi connectivity index (χ1n) is 7.64. The summed E-state index contributed by atoms with van der Waals surface area (Å²) in [5.41, 5.74) is 0.772. The molecule has 0 spiro atoms. The van der Waals surface area contributed by atoms with E-state index in [0.29, 0.717) is 24.5 Å². The van der Waals surface area contributed by atoms with E-state index in [0.717, 1.165) is 16.5 Å². The van der Waals surface area contributed by atoms with Crippen molar-refractivity contribution in [3.05, 3.63) is 59.4 Å². The summed E-state index contributed by atoms with van der Waals surface area (Å²) in [6.45, 7) is 2.78. The summed E-state index contributed by atoms with van der Waals surface area (Å²) in [6.07, 6.45) is 2.37. The minimum Gasteiger partial charge on any atom is -0.271 e. The molecule has 0 saturated carbocycles. The number of aromatic nitrogens is 2. The van der Waals surface area contributed by atoms with Crippen molar-refractivity contribution in [3.63, 3.8) is 0 Å². The number of halogens is 1. The Hall–Kier alpha value is -1.89. The van der Waals surface area contributed by atoms with Crippen LogP contribution in [0, 0.1) is 6.92 Å². The SMILES string of the molecule is Cc1nn(CCCNS(=O)(=O)c2ccc3ccccc3c2)cc1Cl. The number of nitrogens with one attached hydrogen (secondary N) is 1. The lowest BCUT2D eigenvalue weighted by atomic mass is 10.1. The third kappa shape index (κ3) is 3.77. The molecule has 0 aliphatic heterocycles. The average Bonchev–Trinajstić information content (AvgIpc) is 2.89. The Morgan fingerprint density at radius 1 is 1.17 bits per heavy atom. The van der Waals surface area contributed by atoms with Crippen LogP contribution in [-0.2, 0) is 16.6 Å². The van der Waals surface area contributed by atoms with E-state index >= 15 is 0 Å². The van der Waals surface area contributed by atoms with Gasteiger partial charge in [-0.25, -0.2) is 13.1 Å². The minimum absolute atomic E-state index is 0.277. The molecule has 2 aromatic carbocycles. The van der Waals surface area contributed by atoms with Gasteiger partial charge in [-0.15, -0.1) is 0 Å². The Kier molecular flexibility index (Phi) is 4.89. The lowest BCUT2D eigenvalue weighted by Crippen LogP contribution is -2.25. The van der Waals surface area contributed by atoms with Crippen molar-refractivity contribution in [2.75, 3.05) is 6.54 Å². The molecule has 0 amide bonds. The fourth-order valence-electron chi connectivity index (χ4n) is 2.47. The van der Waals surface area contributed by atoms with E-state index in [9.17, 15) is 8.42 Å². The number of benzene rings is 2. The van der Waals surface area contributed by atoms with Crippen LogP contribution in [0.15, 0.2) is 53.6 Å². The lowest BCUT2D eigenvalue weighted by Gasteiger charge is -2.08. The summed E-state index contributed by atoms with van der Waals surface area (Å²) < 4.78 is 29.1. The Bertz CT molecular complexity index is 947. The summed E-state index contributed by atoms with van der Waals surface area (Å²) in [5, 5.41) is 6.78. The first kappa shape index (κ1) is 17.0. The largest absolute Gasteiger partial charge is 0.271 e. The first-order chi connectivity index (χ1) is 11.5. The second kappa shape index (κ2) is 6.93. The van der Waals surface area contributed by atoms with E-state index in [2.05, 4.69) is 9.82 Å². The molecule has 1 heterocycles. The van der Waals surface area contributed by atoms with E-state index in [1.165, 1.54) is 0 Å². The zero-order valence-electron chi connectivity index (χ0n) is 13.2. The zero-order valence-corrected chi connectivity index (χ0v) is 14.8. The highest BCUT2D eigenvalue weighted by Gasteiger charge is 2.13. The van der Waals surface area contributed by atoms with Gasteiger partial charge in [0.2, 0.25) is 10.0 Å². The monoisotopic (exact) mass is 363 g/mol. The molecule has 0 aliphatic rings. The van der Waals surface area contributed by atoms with Crippen molar-refractivity contribution >= 4 is 32.4 Å². The Balaban J connectivity index is 1.62. The number of rotatable bonds is 6. The molecule has 0 unspecified atom stereocenters. The summed E-state index contributed by atoms with van der Waals surface area (Å²) in [4.78, 5) is 0.277. The molecule has 1 aromatic heterocycles. The second-order valence-corrected chi connectivity index (χ2v) is 7.76. The molecule has 3 aromatic rings. The first-order valence-corrected chi connectivity index (χ1v) is 9.50. The molecular formula is C17H18ClN3O2S. The predicted molar refractivity (Wildman–Crippen MR) is 95.7 cm³/mol. The van der Waals surface area contributed by atoms with Crippen LogP contribution in [-0.4, -0.2) is 24.7 Å². The van der Waals surface area contributed by atoms with Crippen molar-refractivity contribution in [2.24, 2.45) is 0 Å². The van der Waals surface area contributed by atoms with Crippen molar-refractivity contribution < 1.29 is 8.42 Å². The highest BCUT2D eigenvalue weighted by atomic mass is 35.5. The van der Waals surface area contributed by atoms with Gasteiger partial charge in [-0.2, -0.15) is 5.10 Å². The van der Waals surface area contributed by atoms with E-state index < -0.39 is 10.0 Å². The van der Waals surface area contributed by atoms with Gasteiger partial charge in [-0.05, 0) is 36.2 Å². The number of fused-ring (bicyclic) bond motifs is 1. The average molecular weight is 364 g/mol. The van der Waals surface area contributed by atoms with Crippen LogP contribution in [0.3, 0.4) is 0 Å². The second-order valence-electron chi connectivity index (χ2n) is 5.59. The molecular weight excluding hydrogens is 346 g/mol. The number of nitrogens with zero attached hydrogens (tertiary/aromatic N) is 2. The molecule has 0 aliphatic carbocycles. The summed E-state index contributed by atoms with van der Waals surface area (Å²) in [5.74, 6) is 0. The molecule has 126 valence electrons. The number of aryl methyl sites for hydroxylation is 2. The van der Waals surface area contributed by atoms with Gasteiger partial charge in [0.1, 0.15) is 0 Å². The molecule has 1 N–H and O–H groups in total. The van der Waals surface area contributed by atoms with Gasteiger partial charge in [0.05, 0.1) is 15.6 Å². The van der Waals surface area contributed by atoms with Crippen LogP contribution >= 0.6 is 11.6 Å². The van der Waals surface area contributed by atoms with Gasteiger partial charge < -0.3 is 0 Å². The standard InChI is InChI=1S/C17H18ClN3O2S/c1-13-17(18)12-21(20-13)10-4-9-19-24(22,23)16-8-7-14-5-2-3-6-15(14)11-16/h2-3,5-8,11-12,19H,4,9-10H2,1H3. The van der Waals surface area contributed by atoms with Crippen molar-refractivity contribution in [1.29, 1.82) is 0 Å². The van der Waals surface area contributed by atoms with Crippen molar-refractivity contribution in [1.82, 2.24) is 14.5 Å². The molecule has 5 nitrogen and oxygen atoms in total.